The van der Waals surface area contributed by atoms with Crippen LogP contribution in [0.5, 0.6) is 0 Å². The highest BCUT2D eigenvalue weighted by Crippen LogP contribution is 1.76. The van der Waals surface area contributed by atoms with Crippen LogP contribution in [0.1, 0.15) is 0 Å². The van der Waals surface area contributed by atoms with Crippen molar-refractivity contribution in [1.29, 1.82) is 0 Å². The van der Waals surface area contributed by atoms with E-state index in [2.05, 4.69) is 30.6 Å². The van der Waals surface area contributed by atoms with Crippen molar-refractivity contribution < 1.29 is 0 Å². The molecule has 0 aromatic heterocycles. The first kappa shape index (κ1) is 17.3. The fraction of sp³-hybridized carbons (Fsp3) is 0.167. The second-order valence-electron chi connectivity index (χ2n) is 2.72. The molecular weight excluding hydrogens is 262 g/mol. The molecule has 1 aromatic carbocycles. The standard InChI is InChI=1S/C6H11N.C6H5.BrH.Mg/c1-3-5-7-6-4-2;1-2-4-6-5-3-1;;/h3-4,7H,1-2,5-6H2;1-5H;1H;/q;;;+2. The van der Waals surface area contributed by atoms with Gasteiger partial charge in [-0.05, 0) is 0 Å². The normalized spacial score (nSPS) is 7.80. The first-order valence-electron chi connectivity index (χ1n) is 4.60. The van der Waals surface area contributed by atoms with E-state index in [0.717, 1.165) is 13.1 Å². The molecule has 15 heavy (non-hydrogen) atoms. The van der Waals surface area contributed by atoms with Crippen LogP contribution in [0, 0.1) is 0 Å². The van der Waals surface area contributed by atoms with Crippen LogP contribution >= 0.6 is 17.0 Å². The molecular formula is C12H17BrMgN+2. The van der Waals surface area contributed by atoms with Crippen LogP contribution in [0.2, 0.25) is 0 Å². The molecule has 0 saturated heterocycles. The summed E-state index contributed by atoms with van der Waals surface area (Å²) in [7, 11) is 0. The minimum absolute atomic E-state index is 0. The molecule has 1 rings (SSSR count). The van der Waals surface area contributed by atoms with E-state index in [0.29, 0.717) is 0 Å². The van der Waals surface area contributed by atoms with E-state index >= 15 is 0 Å². The van der Waals surface area contributed by atoms with Gasteiger partial charge in [0.1, 0.15) is 0 Å². The van der Waals surface area contributed by atoms with E-state index in [1.165, 1.54) is 3.69 Å². The van der Waals surface area contributed by atoms with Gasteiger partial charge in [-0.2, -0.15) is 0 Å². The predicted molar refractivity (Wildman–Crippen MR) is 75.4 cm³/mol. The third-order valence-electron chi connectivity index (χ3n) is 1.42. The van der Waals surface area contributed by atoms with Crippen LogP contribution in [0.3, 0.4) is 0 Å². The number of hydrogen-bond acceptors (Lipinski definition) is 1. The molecule has 0 aliphatic carbocycles. The lowest BCUT2D eigenvalue weighted by Crippen LogP contribution is -2.11. The van der Waals surface area contributed by atoms with Gasteiger partial charge in [0.05, 0.1) is 0 Å². The molecule has 0 bridgehead atoms. The summed E-state index contributed by atoms with van der Waals surface area (Å²) >= 11 is 1.90. The van der Waals surface area contributed by atoms with Crippen LogP contribution < -0.4 is 9.01 Å². The summed E-state index contributed by atoms with van der Waals surface area (Å²) in [6.07, 6.45) is 3.65. The summed E-state index contributed by atoms with van der Waals surface area (Å²) in [6, 6.07) is 10.3. The molecule has 1 aromatic rings. The van der Waals surface area contributed by atoms with Gasteiger partial charge >= 0.3 is 25.4 Å². The molecule has 0 atom stereocenters. The van der Waals surface area contributed by atoms with Gasteiger partial charge in [-0.15, -0.1) is 30.1 Å². The summed E-state index contributed by atoms with van der Waals surface area (Å²) in [5, 5.41) is 3.05. The number of nitrogens with one attached hydrogen (secondary N) is 1. The van der Waals surface area contributed by atoms with Crippen molar-refractivity contribution in [3.8, 4) is 0 Å². The molecule has 1 N–H and O–H groups in total. The zero-order valence-electron chi connectivity index (χ0n) is 8.99. The average Bonchev–Trinajstić information content (AvgIpc) is 2.21. The van der Waals surface area contributed by atoms with Crippen LogP contribution in [-0.4, -0.2) is 34.8 Å². The van der Waals surface area contributed by atoms with E-state index in [-0.39, 0.29) is 17.0 Å². The Labute approximate surface area is 116 Å². The van der Waals surface area contributed by atoms with Crippen molar-refractivity contribution in [2.24, 2.45) is 0 Å². The smallest absolute Gasteiger partial charge is 0.310 e. The first-order valence-corrected chi connectivity index (χ1v) is 5.31. The largest absolute Gasteiger partial charge is 1.47 e. The zero-order valence-corrected chi connectivity index (χ0v) is 12.1. The zero-order chi connectivity index (χ0) is 10.6. The number of benzene rings is 1. The van der Waals surface area contributed by atoms with Crippen molar-refractivity contribution in [2.45, 2.75) is 0 Å². The van der Waals surface area contributed by atoms with E-state index < -0.39 is 0 Å². The minimum Gasteiger partial charge on any atom is -0.310 e. The Kier molecular flexibility index (Phi) is 16.0. The van der Waals surface area contributed by atoms with Crippen LogP contribution in [0.25, 0.3) is 0 Å². The van der Waals surface area contributed by atoms with Crippen molar-refractivity contribution in [3.05, 3.63) is 55.6 Å². The Hall–Kier alpha value is -0.0938. The van der Waals surface area contributed by atoms with Gasteiger partial charge in [-0.3, -0.25) is 0 Å². The maximum atomic E-state index is 3.54. The highest BCUT2D eigenvalue weighted by atomic mass is 79.9. The molecule has 77 valence electrons. The van der Waals surface area contributed by atoms with Gasteiger partial charge in [0.15, 0.2) is 0 Å². The van der Waals surface area contributed by atoms with E-state index in [4.69, 9.17) is 0 Å². The second-order valence-corrected chi connectivity index (χ2v) is 3.54. The highest BCUT2D eigenvalue weighted by molar-refractivity contribution is 8.93. The maximum Gasteiger partial charge on any atom is 1.47 e. The molecule has 0 amide bonds. The van der Waals surface area contributed by atoms with E-state index in [9.17, 15) is 0 Å². The molecule has 0 spiro atoms. The van der Waals surface area contributed by atoms with Crippen molar-refractivity contribution in [1.82, 2.24) is 5.32 Å². The fourth-order valence-electron chi connectivity index (χ4n) is 0.765. The third kappa shape index (κ3) is 13.9. The Bertz CT molecular complexity index is 241. The molecule has 0 aliphatic heterocycles. The molecule has 0 unspecified atom stereocenters. The Balaban J connectivity index is 0. The fourth-order valence-corrected chi connectivity index (χ4v) is 1.04. The van der Waals surface area contributed by atoms with Gasteiger partial charge in [0.25, 0.3) is 0 Å². The summed E-state index contributed by atoms with van der Waals surface area (Å²) in [5.74, 6) is 0. The van der Waals surface area contributed by atoms with Crippen molar-refractivity contribution in [2.75, 3.05) is 13.1 Å². The lowest BCUT2D eigenvalue weighted by atomic mass is 10.4. The van der Waals surface area contributed by atoms with Crippen LogP contribution in [0.4, 0.5) is 0 Å². The molecule has 7 radical (unpaired) electrons. The Morgan fingerprint density at radius 2 is 1.53 bits per heavy atom. The van der Waals surface area contributed by atoms with Gasteiger partial charge in [0, 0.05) is 25.2 Å². The van der Waals surface area contributed by atoms with Crippen LogP contribution in [-0.2, 0) is 0 Å². The van der Waals surface area contributed by atoms with Gasteiger partial charge in [-0.25, -0.2) is 0 Å². The first-order chi connectivity index (χ1) is 6.81. The lowest BCUT2D eigenvalue weighted by Gasteiger charge is -1.90. The average molecular weight is 279 g/mol. The predicted octanol–water partition coefficient (Wildman–Crippen LogP) is 2.01. The summed E-state index contributed by atoms with van der Waals surface area (Å²) in [6.45, 7) is 8.81. The molecule has 3 heteroatoms. The number of rotatable bonds is 4. The number of halogens is 1. The molecule has 0 heterocycles. The van der Waals surface area contributed by atoms with Gasteiger partial charge in [0.2, 0.25) is 0 Å². The summed E-state index contributed by atoms with van der Waals surface area (Å²) in [4.78, 5) is 0. The third-order valence-corrected chi connectivity index (χ3v) is 1.89. The topological polar surface area (TPSA) is 12.0 Å². The van der Waals surface area contributed by atoms with Gasteiger partial charge < -0.3 is 5.32 Å². The molecule has 0 fully saturated rings. The molecule has 0 aliphatic rings. The Morgan fingerprint density at radius 3 is 1.80 bits per heavy atom. The quantitative estimate of drug-likeness (QED) is 0.505. The van der Waals surface area contributed by atoms with Crippen LogP contribution in [0.15, 0.2) is 55.6 Å². The second kappa shape index (κ2) is 13.9. The van der Waals surface area contributed by atoms with E-state index in [1.54, 1.807) is 0 Å². The minimum atomic E-state index is 0. The van der Waals surface area contributed by atoms with Gasteiger partial charge in [-0.1, -0.05) is 30.4 Å². The molecule has 1 nitrogen and oxygen atoms in total. The Morgan fingerprint density at radius 1 is 1.07 bits per heavy atom. The molecule has 0 saturated carbocycles. The highest BCUT2D eigenvalue weighted by Gasteiger charge is 2.28. The van der Waals surface area contributed by atoms with Crippen molar-refractivity contribution >= 4 is 42.4 Å². The summed E-state index contributed by atoms with van der Waals surface area (Å²) < 4.78 is 1.35. The van der Waals surface area contributed by atoms with E-state index in [1.807, 2.05) is 52.1 Å². The number of hydrogen-bond donors (Lipinski definition) is 1. The monoisotopic (exact) mass is 278 g/mol. The van der Waals surface area contributed by atoms with Crippen molar-refractivity contribution in [3.63, 3.8) is 0 Å². The summed E-state index contributed by atoms with van der Waals surface area (Å²) in [5.41, 5.74) is 0. The maximum absolute atomic E-state index is 3.54. The lowest BCUT2D eigenvalue weighted by molar-refractivity contribution is 0.845. The SMILES string of the molecule is Br.C=CCNCC=C.[Mg+2][c]1ccccc1.